The third-order valence-corrected chi connectivity index (χ3v) is 4.19. The maximum absolute atomic E-state index is 3.59. The molecule has 2 nitrogen and oxygen atoms in total. The van der Waals surface area contributed by atoms with Gasteiger partial charge in [-0.3, -0.25) is 0 Å². The molecule has 2 heteroatoms. The highest BCUT2D eigenvalue weighted by molar-refractivity contribution is 5.82. The summed E-state index contributed by atoms with van der Waals surface area (Å²) in [5.74, 6) is 0.987. The highest BCUT2D eigenvalue weighted by Crippen LogP contribution is 2.27. The Morgan fingerprint density at radius 3 is 2.89 bits per heavy atom. The van der Waals surface area contributed by atoms with E-state index in [9.17, 15) is 0 Å². The van der Waals surface area contributed by atoms with E-state index in [0.29, 0.717) is 0 Å². The van der Waals surface area contributed by atoms with Crippen molar-refractivity contribution in [1.82, 2.24) is 10.3 Å². The maximum atomic E-state index is 3.59. The minimum Gasteiger partial charge on any atom is -0.361 e. The average Bonchev–Trinajstić information content (AvgIpc) is 3.04. The third-order valence-electron chi connectivity index (χ3n) is 4.19. The summed E-state index contributed by atoms with van der Waals surface area (Å²) in [7, 11) is 0. The van der Waals surface area contributed by atoms with Crippen LogP contribution in [-0.4, -0.2) is 11.5 Å². The molecule has 1 fully saturated rings. The minimum absolute atomic E-state index is 0.983. The lowest BCUT2D eigenvalue weighted by atomic mass is 10.0. The molecular weight excluding hydrogens is 220 g/mol. The lowest BCUT2D eigenvalue weighted by molar-refractivity contribution is 0.478. The Hall–Kier alpha value is -1.28. The summed E-state index contributed by atoms with van der Waals surface area (Å²) in [6.45, 7) is 2.14. The molecule has 0 bridgehead atoms. The molecule has 0 radical (unpaired) electrons. The van der Waals surface area contributed by atoms with E-state index in [1.54, 1.807) is 0 Å². The van der Waals surface area contributed by atoms with Crippen molar-refractivity contribution < 1.29 is 0 Å². The Bertz CT molecular complexity index is 495. The number of fused-ring (bicyclic) bond motifs is 1. The zero-order valence-electron chi connectivity index (χ0n) is 10.9. The Morgan fingerprint density at radius 1 is 1.17 bits per heavy atom. The van der Waals surface area contributed by atoms with Gasteiger partial charge < -0.3 is 10.3 Å². The number of para-hydroxylation sites is 1. The number of nitrogens with one attached hydrogen (secondary N) is 2. The predicted octanol–water partition coefficient (Wildman–Crippen LogP) is 3.84. The van der Waals surface area contributed by atoms with Gasteiger partial charge in [-0.15, -0.1) is 0 Å². The third kappa shape index (κ3) is 2.59. The number of aromatic nitrogens is 1. The van der Waals surface area contributed by atoms with E-state index in [0.717, 1.165) is 19.0 Å². The van der Waals surface area contributed by atoms with Gasteiger partial charge in [-0.1, -0.05) is 43.9 Å². The van der Waals surface area contributed by atoms with Crippen LogP contribution in [0.4, 0.5) is 0 Å². The van der Waals surface area contributed by atoms with Crippen molar-refractivity contribution in [2.45, 2.75) is 38.6 Å². The van der Waals surface area contributed by atoms with Gasteiger partial charge in [0.1, 0.15) is 0 Å². The van der Waals surface area contributed by atoms with Crippen molar-refractivity contribution in [3.63, 3.8) is 0 Å². The molecule has 18 heavy (non-hydrogen) atoms. The van der Waals surface area contributed by atoms with Gasteiger partial charge in [-0.05, 0) is 30.5 Å². The molecule has 0 spiro atoms. The lowest BCUT2D eigenvalue weighted by Gasteiger charge is -2.09. The number of H-pyrrole nitrogens is 1. The summed E-state index contributed by atoms with van der Waals surface area (Å²) in [6.07, 6.45) is 9.29. The van der Waals surface area contributed by atoms with Crippen molar-refractivity contribution in [3.8, 4) is 0 Å². The van der Waals surface area contributed by atoms with E-state index < -0.39 is 0 Å². The van der Waals surface area contributed by atoms with Gasteiger partial charge in [0.25, 0.3) is 0 Å². The highest BCUT2D eigenvalue weighted by Gasteiger charge is 2.13. The SMILES string of the molecule is c1ccc2c(CNCCC3CCCC3)c[nH]c2c1. The number of hydrogen-bond donors (Lipinski definition) is 2. The fourth-order valence-corrected chi connectivity index (χ4v) is 3.11. The largest absolute Gasteiger partial charge is 0.361 e. The van der Waals surface area contributed by atoms with Gasteiger partial charge >= 0.3 is 0 Å². The molecule has 0 unspecified atom stereocenters. The van der Waals surface area contributed by atoms with Gasteiger partial charge in [0.05, 0.1) is 0 Å². The monoisotopic (exact) mass is 242 g/mol. The van der Waals surface area contributed by atoms with Crippen molar-refractivity contribution in [3.05, 3.63) is 36.0 Å². The molecule has 1 heterocycles. The second-order valence-corrected chi connectivity index (χ2v) is 5.48. The molecule has 2 aromatic rings. The number of hydrogen-bond acceptors (Lipinski definition) is 1. The van der Waals surface area contributed by atoms with Gasteiger partial charge in [-0.25, -0.2) is 0 Å². The number of benzene rings is 1. The summed E-state index contributed by atoms with van der Waals surface area (Å²) in [6, 6.07) is 8.52. The van der Waals surface area contributed by atoms with Crippen LogP contribution in [0.2, 0.25) is 0 Å². The van der Waals surface area contributed by atoms with Gasteiger partial charge in [-0.2, -0.15) is 0 Å². The van der Waals surface area contributed by atoms with Crippen LogP contribution >= 0.6 is 0 Å². The van der Waals surface area contributed by atoms with Gasteiger partial charge in [0.2, 0.25) is 0 Å². The van der Waals surface area contributed by atoms with E-state index >= 15 is 0 Å². The molecule has 0 aliphatic heterocycles. The molecule has 1 saturated carbocycles. The van der Waals surface area contributed by atoms with Crippen molar-refractivity contribution >= 4 is 10.9 Å². The molecule has 1 aromatic heterocycles. The Kier molecular flexibility index (Phi) is 3.65. The molecule has 0 atom stereocenters. The fraction of sp³-hybridized carbons (Fsp3) is 0.500. The Labute approximate surface area is 109 Å². The predicted molar refractivity (Wildman–Crippen MR) is 76.6 cm³/mol. The van der Waals surface area contributed by atoms with Crippen LogP contribution in [0.15, 0.2) is 30.5 Å². The molecule has 96 valence electrons. The van der Waals surface area contributed by atoms with Crippen molar-refractivity contribution in [2.24, 2.45) is 5.92 Å². The van der Waals surface area contributed by atoms with Crippen LogP contribution in [0.1, 0.15) is 37.7 Å². The Morgan fingerprint density at radius 2 is 2.00 bits per heavy atom. The first-order valence-corrected chi connectivity index (χ1v) is 7.19. The molecule has 0 amide bonds. The van der Waals surface area contributed by atoms with E-state index in [2.05, 4.69) is 40.8 Å². The van der Waals surface area contributed by atoms with Crippen LogP contribution in [0, 0.1) is 5.92 Å². The first-order valence-electron chi connectivity index (χ1n) is 7.19. The zero-order chi connectivity index (χ0) is 12.2. The average molecular weight is 242 g/mol. The van der Waals surface area contributed by atoms with Crippen LogP contribution in [0.5, 0.6) is 0 Å². The first kappa shape index (κ1) is 11.8. The van der Waals surface area contributed by atoms with Crippen LogP contribution in [0.3, 0.4) is 0 Å². The topological polar surface area (TPSA) is 27.8 Å². The van der Waals surface area contributed by atoms with Crippen LogP contribution in [-0.2, 0) is 6.54 Å². The molecule has 1 aliphatic carbocycles. The first-order chi connectivity index (χ1) is 8.93. The second-order valence-electron chi connectivity index (χ2n) is 5.48. The standard InChI is InChI=1S/C16H22N2/c1-2-6-13(5-1)9-10-17-11-14-12-18-16-8-4-3-7-15(14)16/h3-4,7-8,12-13,17-18H,1-2,5-6,9-11H2. The highest BCUT2D eigenvalue weighted by atomic mass is 14.9. The normalized spacial score (nSPS) is 16.7. The van der Waals surface area contributed by atoms with Crippen molar-refractivity contribution in [1.29, 1.82) is 0 Å². The summed E-state index contributed by atoms with van der Waals surface area (Å²) in [4.78, 5) is 3.33. The van der Waals surface area contributed by atoms with Gasteiger partial charge in [0.15, 0.2) is 0 Å². The lowest BCUT2D eigenvalue weighted by Crippen LogP contribution is -2.16. The smallest absolute Gasteiger partial charge is 0.0457 e. The number of rotatable bonds is 5. The second kappa shape index (κ2) is 5.57. The van der Waals surface area contributed by atoms with E-state index in [1.807, 2.05) is 0 Å². The van der Waals surface area contributed by atoms with Crippen LogP contribution < -0.4 is 5.32 Å². The quantitative estimate of drug-likeness (QED) is 0.766. The summed E-state index contributed by atoms with van der Waals surface area (Å²) < 4.78 is 0. The summed E-state index contributed by atoms with van der Waals surface area (Å²) in [5, 5.41) is 4.94. The molecule has 2 N–H and O–H groups in total. The van der Waals surface area contributed by atoms with Crippen molar-refractivity contribution in [2.75, 3.05) is 6.54 Å². The zero-order valence-corrected chi connectivity index (χ0v) is 10.9. The van der Waals surface area contributed by atoms with Gasteiger partial charge in [0, 0.05) is 23.6 Å². The Balaban J connectivity index is 1.50. The maximum Gasteiger partial charge on any atom is 0.0457 e. The van der Waals surface area contributed by atoms with E-state index in [4.69, 9.17) is 0 Å². The van der Waals surface area contributed by atoms with E-state index in [-0.39, 0.29) is 0 Å². The molecule has 3 rings (SSSR count). The fourth-order valence-electron chi connectivity index (χ4n) is 3.11. The minimum atomic E-state index is 0.983. The van der Waals surface area contributed by atoms with E-state index in [1.165, 1.54) is 48.6 Å². The summed E-state index contributed by atoms with van der Waals surface area (Å²) >= 11 is 0. The van der Waals surface area contributed by atoms with Crippen LogP contribution in [0.25, 0.3) is 10.9 Å². The number of aromatic amines is 1. The summed E-state index contributed by atoms with van der Waals surface area (Å²) in [5.41, 5.74) is 2.63. The molecule has 1 aromatic carbocycles. The molecule has 0 saturated heterocycles. The molecular formula is C16H22N2. The molecule has 1 aliphatic rings.